The summed E-state index contributed by atoms with van der Waals surface area (Å²) >= 11 is 0. The molecular formula is C25H27N3O7. The average molecular weight is 482 g/mol. The van der Waals surface area contributed by atoms with Crippen LogP contribution in [-0.4, -0.2) is 67.6 Å². The molecular weight excluding hydrogens is 454 g/mol. The van der Waals surface area contributed by atoms with Gasteiger partial charge in [0.2, 0.25) is 0 Å². The topological polar surface area (TPSA) is 125 Å². The molecule has 0 aromatic heterocycles. The summed E-state index contributed by atoms with van der Waals surface area (Å²) in [7, 11) is 4.55. The van der Waals surface area contributed by atoms with Crippen LogP contribution in [0.2, 0.25) is 0 Å². The highest BCUT2D eigenvalue weighted by Gasteiger charge is 2.41. The van der Waals surface area contributed by atoms with E-state index in [9.17, 15) is 19.2 Å². The molecule has 10 nitrogen and oxygen atoms in total. The summed E-state index contributed by atoms with van der Waals surface area (Å²) in [6.07, 6.45) is 1.10. The second-order valence-corrected chi connectivity index (χ2v) is 7.86. The molecule has 0 aliphatic carbocycles. The van der Waals surface area contributed by atoms with Gasteiger partial charge in [0.1, 0.15) is 11.5 Å². The maximum absolute atomic E-state index is 13.3. The largest absolute Gasteiger partial charge is 0.496 e. The summed E-state index contributed by atoms with van der Waals surface area (Å²) in [5.41, 5.74) is 1.82. The van der Waals surface area contributed by atoms with Crippen LogP contribution in [0.5, 0.6) is 11.5 Å². The molecule has 0 bridgehead atoms. The zero-order valence-electron chi connectivity index (χ0n) is 19.9. The third-order valence-corrected chi connectivity index (χ3v) is 5.54. The molecule has 0 saturated carbocycles. The van der Waals surface area contributed by atoms with Crippen LogP contribution in [0.15, 0.2) is 54.2 Å². The van der Waals surface area contributed by atoms with Crippen molar-refractivity contribution in [1.82, 2.24) is 10.2 Å². The second-order valence-electron chi connectivity index (χ2n) is 7.86. The predicted molar refractivity (Wildman–Crippen MR) is 128 cm³/mol. The highest BCUT2D eigenvalue weighted by molar-refractivity contribution is 6.21. The van der Waals surface area contributed by atoms with Gasteiger partial charge in [-0.05, 0) is 36.8 Å². The number of aliphatic carboxylic acids is 1. The van der Waals surface area contributed by atoms with Crippen LogP contribution in [0, 0.1) is 0 Å². The van der Waals surface area contributed by atoms with Gasteiger partial charge in [-0.2, -0.15) is 0 Å². The van der Waals surface area contributed by atoms with Gasteiger partial charge in [0.25, 0.3) is 5.91 Å². The molecule has 184 valence electrons. The fourth-order valence-corrected chi connectivity index (χ4v) is 3.86. The first kappa shape index (κ1) is 25.3. The lowest BCUT2D eigenvalue weighted by atomic mass is 9.98. The average Bonchev–Trinajstić information content (AvgIpc) is 2.84. The molecule has 1 aliphatic rings. The summed E-state index contributed by atoms with van der Waals surface area (Å²) in [4.78, 5) is 52.6. The molecule has 1 atom stereocenters. The predicted octanol–water partition coefficient (Wildman–Crippen LogP) is 2.68. The van der Waals surface area contributed by atoms with Crippen molar-refractivity contribution >= 4 is 29.4 Å². The zero-order valence-corrected chi connectivity index (χ0v) is 19.9. The van der Waals surface area contributed by atoms with Crippen molar-refractivity contribution < 1.29 is 33.8 Å². The van der Waals surface area contributed by atoms with Crippen molar-refractivity contribution in [3.63, 3.8) is 0 Å². The summed E-state index contributed by atoms with van der Waals surface area (Å²) in [6, 6.07) is 9.77. The maximum atomic E-state index is 13.3. The lowest BCUT2D eigenvalue weighted by Gasteiger charge is -2.34. The molecule has 2 aromatic carbocycles. The number of likely N-dealkylation sites (N-methyl/N-ethyl adjacent to an activating group) is 1. The number of carboxylic acid groups (broad SMARTS) is 1. The third-order valence-electron chi connectivity index (χ3n) is 5.54. The van der Waals surface area contributed by atoms with Gasteiger partial charge in [0.05, 0.1) is 26.2 Å². The van der Waals surface area contributed by atoms with E-state index in [1.165, 1.54) is 32.4 Å². The van der Waals surface area contributed by atoms with Crippen LogP contribution < -0.4 is 19.7 Å². The number of Topliss-reactive ketones (excluding diaryl/α,β-unsaturated/α-hetero) is 1. The van der Waals surface area contributed by atoms with E-state index in [0.717, 1.165) is 4.90 Å². The molecule has 2 N–H and O–H groups in total. The number of urea groups is 1. The van der Waals surface area contributed by atoms with Crippen LogP contribution >= 0.6 is 0 Å². The van der Waals surface area contributed by atoms with Crippen LogP contribution in [0.3, 0.4) is 0 Å². The molecule has 3 amide bonds. The van der Waals surface area contributed by atoms with Crippen LogP contribution in [0.4, 0.5) is 10.5 Å². The number of amides is 3. The molecule has 1 aliphatic heterocycles. The SMILES string of the molecule is COc1cccc(OC)c1-c1cccc(N(C(=O)NCCC(=O)O)C2C(=O)C(C)=CN(C)C2=O)c1. The molecule has 10 heteroatoms. The van der Waals surface area contributed by atoms with Gasteiger partial charge >= 0.3 is 12.0 Å². The van der Waals surface area contributed by atoms with Gasteiger partial charge in [-0.3, -0.25) is 19.3 Å². The summed E-state index contributed by atoms with van der Waals surface area (Å²) in [5, 5.41) is 11.4. The van der Waals surface area contributed by atoms with E-state index < -0.39 is 29.7 Å². The van der Waals surface area contributed by atoms with Gasteiger partial charge in [-0.15, -0.1) is 0 Å². The number of hydrogen-bond acceptors (Lipinski definition) is 6. The number of ether oxygens (including phenoxy) is 2. The van der Waals surface area contributed by atoms with Gasteiger partial charge in [0, 0.05) is 31.1 Å². The van der Waals surface area contributed by atoms with E-state index in [0.29, 0.717) is 28.2 Å². The van der Waals surface area contributed by atoms with Crippen LogP contribution in [0.25, 0.3) is 11.1 Å². The fourth-order valence-electron chi connectivity index (χ4n) is 3.86. The number of carbonyl (C=O) groups excluding carboxylic acids is 3. The normalized spacial score (nSPS) is 15.4. The van der Waals surface area contributed by atoms with E-state index in [4.69, 9.17) is 14.6 Å². The van der Waals surface area contributed by atoms with Crippen molar-refractivity contribution in [2.75, 3.05) is 32.7 Å². The summed E-state index contributed by atoms with van der Waals surface area (Å²) in [5.74, 6) is -1.15. The number of ketones is 1. The molecule has 0 spiro atoms. The van der Waals surface area contributed by atoms with Gasteiger partial charge in [-0.1, -0.05) is 18.2 Å². The van der Waals surface area contributed by atoms with E-state index in [1.54, 1.807) is 49.4 Å². The molecule has 35 heavy (non-hydrogen) atoms. The van der Waals surface area contributed by atoms with Crippen molar-refractivity contribution in [1.29, 1.82) is 0 Å². The Labute approximate surface area is 202 Å². The Morgan fingerprint density at radius 1 is 1.09 bits per heavy atom. The lowest BCUT2D eigenvalue weighted by molar-refractivity contribution is -0.137. The molecule has 0 radical (unpaired) electrons. The monoisotopic (exact) mass is 481 g/mol. The van der Waals surface area contributed by atoms with Crippen LogP contribution in [0.1, 0.15) is 13.3 Å². The minimum atomic E-state index is -1.45. The van der Waals surface area contributed by atoms with E-state index in [-0.39, 0.29) is 18.7 Å². The van der Waals surface area contributed by atoms with Crippen molar-refractivity contribution in [3.05, 3.63) is 54.2 Å². The van der Waals surface area contributed by atoms with Crippen molar-refractivity contribution in [2.24, 2.45) is 0 Å². The lowest BCUT2D eigenvalue weighted by Crippen LogP contribution is -2.58. The number of methoxy groups -OCH3 is 2. The van der Waals surface area contributed by atoms with E-state index >= 15 is 0 Å². The summed E-state index contributed by atoms with van der Waals surface area (Å²) in [6.45, 7) is 1.39. The van der Waals surface area contributed by atoms with Crippen LogP contribution in [-0.2, 0) is 14.4 Å². The maximum Gasteiger partial charge on any atom is 0.323 e. The first-order valence-corrected chi connectivity index (χ1v) is 10.8. The van der Waals surface area contributed by atoms with Crippen molar-refractivity contribution in [2.45, 2.75) is 19.4 Å². The number of carbonyl (C=O) groups is 4. The molecule has 0 fully saturated rings. The Balaban J connectivity index is 2.13. The number of benzene rings is 2. The Morgan fingerprint density at radius 3 is 2.31 bits per heavy atom. The highest BCUT2D eigenvalue weighted by Crippen LogP contribution is 2.39. The van der Waals surface area contributed by atoms with Gasteiger partial charge in [-0.25, -0.2) is 4.79 Å². The first-order valence-electron chi connectivity index (χ1n) is 10.8. The smallest absolute Gasteiger partial charge is 0.323 e. The Morgan fingerprint density at radius 2 is 1.71 bits per heavy atom. The second kappa shape index (κ2) is 10.7. The number of carboxylic acids is 1. The van der Waals surface area contributed by atoms with E-state index in [1.807, 2.05) is 0 Å². The Hall–Kier alpha value is -4.34. The first-order chi connectivity index (χ1) is 16.7. The van der Waals surface area contributed by atoms with Gasteiger partial charge < -0.3 is 24.8 Å². The number of anilines is 1. The third kappa shape index (κ3) is 5.26. The number of nitrogens with one attached hydrogen (secondary N) is 1. The van der Waals surface area contributed by atoms with Gasteiger partial charge in [0.15, 0.2) is 11.8 Å². The quantitative estimate of drug-likeness (QED) is 0.555. The number of rotatable bonds is 8. The Kier molecular flexibility index (Phi) is 7.75. The van der Waals surface area contributed by atoms with Crippen molar-refractivity contribution in [3.8, 4) is 22.6 Å². The molecule has 1 heterocycles. The zero-order chi connectivity index (χ0) is 25.7. The standard InChI is InChI=1S/C25H27N3O7/c1-15-14-27(2)24(32)22(23(15)31)28(25(33)26-12-11-20(29)30)17-8-5-7-16(13-17)21-18(34-3)9-6-10-19(21)35-4/h5-10,13-14,22H,11-12H2,1-4H3,(H,26,33)(H,29,30). The molecule has 0 saturated heterocycles. The highest BCUT2D eigenvalue weighted by atomic mass is 16.5. The molecule has 3 rings (SSSR count). The Bertz CT molecular complexity index is 1170. The fraction of sp³-hybridized carbons (Fsp3) is 0.280. The minimum Gasteiger partial charge on any atom is -0.496 e. The number of hydrogen-bond donors (Lipinski definition) is 2. The minimum absolute atomic E-state index is 0.176. The van der Waals surface area contributed by atoms with E-state index in [2.05, 4.69) is 5.32 Å². The number of nitrogens with zero attached hydrogens (tertiary/aromatic N) is 2. The molecule has 2 aromatic rings. The molecule has 1 unspecified atom stereocenters. The summed E-state index contributed by atoms with van der Waals surface area (Å²) < 4.78 is 11.0.